The second kappa shape index (κ2) is 4.03. The van der Waals surface area contributed by atoms with Crippen molar-refractivity contribution in [3.8, 4) is 11.3 Å². The van der Waals surface area contributed by atoms with Gasteiger partial charge in [0.2, 0.25) is 0 Å². The van der Waals surface area contributed by atoms with Crippen LogP contribution in [0.1, 0.15) is 16.1 Å². The summed E-state index contributed by atoms with van der Waals surface area (Å²) in [6, 6.07) is 9.84. The van der Waals surface area contributed by atoms with Crippen molar-refractivity contribution in [1.82, 2.24) is 4.98 Å². The van der Waals surface area contributed by atoms with Crippen LogP contribution in [-0.4, -0.2) is 11.3 Å². The fraction of sp³-hybridized carbons (Fsp3) is 0.0833. The van der Waals surface area contributed by atoms with Gasteiger partial charge in [0.1, 0.15) is 0 Å². The maximum absolute atomic E-state index is 10.6. The lowest BCUT2D eigenvalue weighted by molar-refractivity contribution is 0.111. The summed E-state index contributed by atoms with van der Waals surface area (Å²) >= 11 is 3.39. The Hall–Kier alpha value is -1.35. The topological polar surface area (TPSA) is 32.9 Å². The third kappa shape index (κ3) is 2.02. The Kier molecular flexibility index (Phi) is 2.73. The molecule has 0 aliphatic rings. The van der Waals surface area contributed by atoms with Gasteiger partial charge in [-0.1, -0.05) is 28.1 Å². The summed E-state index contributed by atoms with van der Waals surface area (Å²) in [6.07, 6.45) is 0.829. The number of hydrogen-bond donors (Lipinski definition) is 1. The minimum atomic E-state index is 0.616. The number of nitrogens with one attached hydrogen (secondary N) is 1. The quantitative estimate of drug-likeness (QED) is 0.826. The van der Waals surface area contributed by atoms with E-state index in [9.17, 15) is 4.79 Å². The van der Waals surface area contributed by atoms with Gasteiger partial charge in [0.05, 0.1) is 5.69 Å². The first-order chi connectivity index (χ1) is 7.20. The average Bonchev–Trinajstić information content (AvgIpc) is 2.61. The molecule has 1 aromatic heterocycles. The van der Waals surface area contributed by atoms with Crippen molar-refractivity contribution in [1.29, 1.82) is 0 Å². The van der Waals surface area contributed by atoms with Gasteiger partial charge in [-0.3, -0.25) is 4.79 Å². The third-order valence-corrected chi connectivity index (χ3v) is 2.82. The molecule has 1 heterocycles. The number of benzene rings is 1. The molecule has 0 saturated heterocycles. The highest BCUT2D eigenvalue weighted by Gasteiger charge is 2.05. The third-order valence-electron chi connectivity index (χ3n) is 2.30. The average molecular weight is 264 g/mol. The standard InChI is InChI=1S/C12H10BrNO/c1-8-6-11(7-15)14-12(8)9-2-4-10(13)5-3-9/h2-7,14H,1H3. The molecule has 0 unspecified atom stereocenters. The van der Waals surface area contributed by atoms with E-state index in [0.29, 0.717) is 5.69 Å². The predicted molar refractivity (Wildman–Crippen MR) is 64.1 cm³/mol. The monoisotopic (exact) mass is 263 g/mol. The summed E-state index contributed by atoms with van der Waals surface area (Å²) in [5.74, 6) is 0. The molecule has 0 bridgehead atoms. The van der Waals surface area contributed by atoms with Crippen molar-refractivity contribution in [2.45, 2.75) is 6.92 Å². The zero-order valence-electron chi connectivity index (χ0n) is 8.25. The SMILES string of the molecule is Cc1cc(C=O)[nH]c1-c1ccc(Br)cc1. The van der Waals surface area contributed by atoms with E-state index in [2.05, 4.69) is 20.9 Å². The van der Waals surface area contributed by atoms with Crippen LogP contribution in [0.3, 0.4) is 0 Å². The molecule has 0 atom stereocenters. The Balaban J connectivity index is 2.48. The van der Waals surface area contributed by atoms with E-state index in [1.54, 1.807) is 0 Å². The number of rotatable bonds is 2. The molecule has 0 radical (unpaired) electrons. The summed E-state index contributed by atoms with van der Waals surface area (Å²) in [4.78, 5) is 13.7. The van der Waals surface area contributed by atoms with E-state index in [4.69, 9.17) is 0 Å². The molecule has 2 rings (SSSR count). The molecule has 0 fully saturated rings. The molecule has 0 amide bonds. The molecule has 0 aliphatic carbocycles. The highest BCUT2D eigenvalue weighted by Crippen LogP contribution is 2.24. The number of H-pyrrole nitrogens is 1. The van der Waals surface area contributed by atoms with Crippen LogP contribution in [0.25, 0.3) is 11.3 Å². The molecular formula is C12H10BrNO. The summed E-state index contributed by atoms with van der Waals surface area (Å²) in [7, 11) is 0. The maximum atomic E-state index is 10.6. The molecule has 76 valence electrons. The van der Waals surface area contributed by atoms with Crippen LogP contribution in [0, 0.1) is 6.92 Å². The Morgan fingerprint density at radius 3 is 2.47 bits per heavy atom. The number of aromatic amines is 1. The van der Waals surface area contributed by atoms with E-state index in [1.807, 2.05) is 37.3 Å². The minimum Gasteiger partial charge on any atom is -0.352 e. The highest BCUT2D eigenvalue weighted by molar-refractivity contribution is 9.10. The maximum Gasteiger partial charge on any atom is 0.166 e. The van der Waals surface area contributed by atoms with Gasteiger partial charge in [-0.05, 0) is 36.2 Å². The van der Waals surface area contributed by atoms with E-state index in [1.165, 1.54) is 0 Å². The van der Waals surface area contributed by atoms with Gasteiger partial charge in [0.15, 0.2) is 6.29 Å². The van der Waals surface area contributed by atoms with E-state index in [0.717, 1.165) is 27.6 Å². The van der Waals surface area contributed by atoms with Crippen molar-refractivity contribution in [3.05, 3.63) is 46.1 Å². The van der Waals surface area contributed by atoms with E-state index in [-0.39, 0.29) is 0 Å². The van der Waals surface area contributed by atoms with Crippen LogP contribution in [0.5, 0.6) is 0 Å². The van der Waals surface area contributed by atoms with Crippen molar-refractivity contribution >= 4 is 22.2 Å². The van der Waals surface area contributed by atoms with Crippen molar-refractivity contribution in [2.24, 2.45) is 0 Å². The second-order valence-corrected chi connectivity index (χ2v) is 4.32. The van der Waals surface area contributed by atoms with Crippen molar-refractivity contribution in [2.75, 3.05) is 0 Å². The molecule has 2 nitrogen and oxygen atoms in total. The summed E-state index contributed by atoms with van der Waals surface area (Å²) in [5, 5.41) is 0. The van der Waals surface area contributed by atoms with Gasteiger partial charge in [-0.25, -0.2) is 0 Å². The van der Waals surface area contributed by atoms with Crippen LogP contribution in [0.4, 0.5) is 0 Å². The zero-order valence-corrected chi connectivity index (χ0v) is 9.84. The smallest absolute Gasteiger partial charge is 0.166 e. The van der Waals surface area contributed by atoms with Gasteiger partial charge < -0.3 is 4.98 Å². The Morgan fingerprint density at radius 1 is 1.27 bits per heavy atom. The summed E-state index contributed by atoms with van der Waals surface area (Å²) in [5.41, 5.74) is 3.79. The lowest BCUT2D eigenvalue weighted by Crippen LogP contribution is -1.81. The Bertz CT molecular complexity index is 485. The molecule has 0 saturated carbocycles. The number of carbonyl (C=O) groups excluding carboxylic acids is 1. The molecule has 2 aromatic rings. The normalized spacial score (nSPS) is 10.3. The lowest BCUT2D eigenvalue weighted by atomic mass is 10.1. The summed E-state index contributed by atoms with van der Waals surface area (Å²) < 4.78 is 1.05. The lowest BCUT2D eigenvalue weighted by Gasteiger charge is -2.00. The van der Waals surface area contributed by atoms with Crippen molar-refractivity contribution < 1.29 is 4.79 Å². The molecule has 3 heteroatoms. The fourth-order valence-electron chi connectivity index (χ4n) is 1.56. The molecule has 0 spiro atoms. The van der Waals surface area contributed by atoms with Gasteiger partial charge in [-0.15, -0.1) is 0 Å². The van der Waals surface area contributed by atoms with E-state index >= 15 is 0 Å². The first-order valence-corrected chi connectivity index (χ1v) is 5.41. The largest absolute Gasteiger partial charge is 0.352 e. The molecular weight excluding hydrogens is 254 g/mol. The number of aromatic nitrogens is 1. The number of aldehydes is 1. The van der Waals surface area contributed by atoms with Gasteiger partial charge >= 0.3 is 0 Å². The molecule has 0 aliphatic heterocycles. The zero-order chi connectivity index (χ0) is 10.8. The van der Waals surface area contributed by atoms with Crippen molar-refractivity contribution in [3.63, 3.8) is 0 Å². The first kappa shape index (κ1) is 10.2. The van der Waals surface area contributed by atoms with Crippen LogP contribution in [0.2, 0.25) is 0 Å². The number of aryl methyl sites for hydroxylation is 1. The Labute approximate surface area is 96.5 Å². The number of halogens is 1. The molecule has 1 aromatic carbocycles. The fourth-order valence-corrected chi connectivity index (χ4v) is 1.83. The first-order valence-electron chi connectivity index (χ1n) is 4.61. The molecule has 1 N–H and O–H groups in total. The Morgan fingerprint density at radius 2 is 1.93 bits per heavy atom. The van der Waals surface area contributed by atoms with Crippen LogP contribution >= 0.6 is 15.9 Å². The number of carbonyl (C=O) groups is 1. The van der Waals surface area contributed by atoms with Gasteiger partial charge in [0, 0.05) is 10.2 Å². The van der Waals surface area contributed by atoms with Crippen LogP contribution in [-0.2, 0) is 0 Å². The summed E-state index contributed by atoms with van der Waals surface area (Å²) in [6.45, 7) is 1.99. The number of hydrogen-bond acceptors (Lipinski definition) is 1. The highest BCUT2D eigenvalue weighted by atomic mass is 79.9. The second-order valence-electron chi connectivity index (χ2n) is 3.41. The van der Waals surface area contributed by atoms with Crippen LogP contribution in [0.15, 0.2) is 34.8 Å². The van der Waals surface area contributed by atoms with E-state index < -0.39 is 0 Å². The predicted octanol–water partition coefficient (Wildman–Crippen LogP) is 3.57. The minimum absolute atomic E-state index is 0.616. The molecule has 15 heavy (non-hydrogen) atoms. The van der Waals surface area contributed by atoms with Gasteiger partial charge in [0.25, 0.3) is 0 Å². The van der Waals surface area contributed by atoms with Crippen LogP contribution < -0.4 is 0 Å². The van der Waals surface area contributed by atoms with Gasteiger partial charge in [-0.2, -0.15) is 0 Å².